The Morgan fingerprint density at radius 2 is 1.81 bits per heavy atom. The van der Waals surface area contributed by atoms with Crippen molar-refractivity contribution in [3.63, 3.8) is 0 Å². The second-order valence-electron chi connectivity index (χ2n) is 3.98. The maximum absolute atomic E-state index is 11.6. The molecule has 0 aliphatic heterocycles. The summed E-state index contributed by atoms with van der Waals surface area (Å²) >= 11 is 3.29. The number of carbonyl (C=O) groups is 1. The number of benzene rings is 1. The molecule has 1 amide bonds. The number of hydrogen-bond donors (Lipinski definition) is 0. The maximum Gasteiger partial charge on any atom is 0.236 e. The lowest BCUT2D eigenvalue weighted by atomic mass is 10.1. The van der Waals surface area contributed by atoms with Gasteiger partial charge in [-0.15, -0.1) is 0 Å². The van der Waals surface area contributed by atoms with Gasteiger partial charge in [0.1, 0.15) is 0 Å². The summed E-state index contributed by atoms with van der Waals surface area (Å²) in [4.78, 5) is 13.3. The van der Waals surface area contributed by atoms with Crippen molar-refractivity contribution in [1.82, 2.24) is 4.90 Å². The van der Waals surface area contributed by atoms with E-state index in [4.69, 9.17) is 0 Å². The number of aryl methyl sites for hydroxylation is 1. The molecule has 0 heterocycles. The molecular formula is C13H18BrNO. The Morgan fingerprint density at radius 3 is 2.25 bits per heavy atom. The van der Waals surface area contributed by atoms with E-state index in [1.165, 1.54) is 11.1 Å². The van der Waals surface area contributed by atoms with Gasteiger partial charge in [-0.25, -0.2) is 0 Å². The summed E-state index contributed by atoms with van der Waals surface area (Å²) in [5.74, 6) is 0.111. The number of carbonyl (C=O) groups excluding carboxylic acids is 1. The number of halogens is 1. The fourth-order valence-electron chi connectivity index (χ4n) is 1.54. The van der Waals surface area contributed by atoms with Crippen LogP contribution in [-0.4, -0.2) is 22.7 Å². The van der Waals surface area contributed by atoms with Crippen LogP contribution in [0.4, 0.5) is 0 Å². The molecule has 1 unspecified atom stereocenters. The molecule has 88 valence electrons. The Morgan fingerprint density at radius 1 is 1.31 bits per heavy atom. The van der Waals surface area contributed by atoms with Gasteiger partial charge < -0.3 is 4.90 Å². The Balaban J connectivity index is 2.62. The Bertz CT molecular complexity index is 345. The lowest BCUT2D eigenvalue weighted by Crippen LogP contribution is -2.31. The number of alkyl halides is 1. The van der Waals surface area contributed by atoms with E-state index in [0.29, 0.717) is 6.54 Å². The molecule has 2 nitrogen and oxygen atoms in total. The summed E-state index contributed by atoms with van der Waals surface area (Å²) in [6, 6.07) is 8.40. The lowest BCUT2D eigenvalue weighted by Gasteiger charge is -2.18. The topological polar surface area (TPSA) is 20.3 Å². The third kappa shape index (κ3) is 3.63. The van der Waals surface area contributed by atoms with E-state index in [0.717, 1.165) is 6.42 Å². The minimum absolute atomic E-state index is 0.111. The minimum atomic E-state index is -0.118. The fourth-order valence-corrected chi connectivity index (χ4v) is 1.89. The van der Waals surface area contributed by atoms with Gasteiger partial charge >= 0.3 is 0 Å². The van der Waals surface area contributed by atoms with E-state index in [9.17, 15) is 4.79 Å². The Kier molecular flexibility index (Phi) is 5.00. The molecule has 0 saturated heterocycles. The molecule has 1 aromatic rings. The fraction of sp³-hybridized carbons (Fsp3) is 0.462. The van der Waals surface area contributed by atoms with Gasteiger partial charge in [-0.3, -0.25) is 4.79 Å². The second-order valence-corrected chi connectivity index (χ2v) is 5.35. The van der Waals surface area contributed by atoms with Gasteiger partial charge in [0, 0.05) is 13.6 Å². The molecule has 0 radical (unpaired) electrons. The largest absolute Gasteiger partial charge is 0.340 e. The highest BCUT2D eigenvalue weighted by molar-refractivity contribution is 9.10. The minimum Gasteiger partial charge on any atom is -0.340 e. The SMILES string of the molecule is CCc1ccc(CN(C)C(=O)C(C)Br)cc1. The van der Waals surface area contributed by atoms with E-state index in [1.54, 1.807) is 4.90 Å². The normalized spacial score (nSPS) is 12.2. The second kappa shape index (κ2) is 6.04. The maximum atomic E-state index is 11.6. The highest BCUT2D eigenvalue weighted by Crippen LogP contribution is 2.09. The van der Waals surface area contributed by atoms with Gasteiger partial charge in [0.15, 0.2) is 0 Å². The zero-order valence-corrected chi connectivity index (χ0v) is 11.6. The van der Waals surface area contributed by atoms with Crippen LogP contribution in [0.3, 0.4) is 0 Å². The molecule has 0 bridgehead atoms. The van der Waals surface area contributed by atoms with Crippen LogP contribution in [0.1, 0.15) is 25.0 Å². The van der Waals surface area contributed by atoms with E-state index in [-0.39, 0.29) is 10.7 Å². The van der Waals surface area contributed by atoms with E-state index >= 15 is 0 Å². The number of amides is 1. The van der Waals surface area contributed by atoms with Gasteiger partial charge in [0.25, 0.3) is 0 Å². The first kappa shape index (κ1) is 13.2. The van der Waals surface area contributed by atoms with Crippen LogP contribution in [-0.2, 0) is 17.8 Å². The average molecular weight is 284 g/mol. The van der Waals surface area contributed by atoms with E-state index in [1.807, 2.05) is 14.0 Å². The van der Waals surface area contributed by atoms with Crippen LogP contribution < -0.4 is 0 Å². The molecule has 16 heavy (non-hydrogen) atoms. The van der Waals surface area contributed by atoms with Crippen LogP contribution in [0.2, 0.25) is 0 Å². The van der Waals surface area contributed by atoms with Crippen molar-refractivity contribution < 1.29 is 4.79 Å². The smallest absolute Gasteiger partial charge is 0.236 e. The van der Waals surface area contributed by atoms with Gasteiger partial charge in [0.2, 0.25) is 5.91 Å². The van der Waals surface area contributed by atoms with E-state index < -0.39 is 0 Å². The third-order valence-corrected chi connectivity index (χ3v) is 2.96. The Labute approximate surface area is 106 Å². The molecule has 0 saturated carbocycles. The van der Waals surface area contributed by atoms with Gasteiger partial charge in [0.05, 0.1) is 4.83 Å². The van der Waals surface area contributed by atoms with Crippen molar-refractivity contribution in [2.75, 3.05) is 7.05 Å². The highest BCUT2D eigenvalue weighted by atomic mass is 79.9. The van der Waals surface area contributed by atoms with Crippen LogP contribution in [0.25, 0.3) is 0 Å². The van der Waals surface area contributed by atoms with Crippen molar-refractivity contribution >= 4 is 21.8 Å². The molecule has 1 rings (SSSR count). The molecule has 1 aromatic carbocycles. The summed E-state index contributed by atoms with van der Waals surface area (Å²) in [7, 11) is 1.83. The van der Waals surface area contributed by atoms with Crippen molar-refractivity contribution in [3.8, 4) is 0 Å². The monoisotopic (exact) mass is 283 g/mol. The summed E-state index contributed by atoms with van der Waals surface area (Å²) in [6.45, 7) is 4.65. The molecule has 0 aliphatic rings. The molecule has 0 aromatic heterocycles. The van der Waals surface area contributed by atoms with Crippen molar-refractivity contribution in [1.29, 1.82) is 0 Å². The van der Waals surface area contributed by atoms with Crippen molar-refractivity contribution in [2.24, 2.45) is 0 Å². The predicted molar refractivity (Wildman–Crippen MR) is 70.7 cm³/mol. The van der Waals surface area contributed by atoms with Crippen LogP contribution >= 0.6 is 15.9 Å². The first-order valence-corrected chi connectivity index (χ1v) is 6.43. The zero-order valence-electron chi connectivity index (χ0n) is 10.0. The van der Waals surface area contributed by atoms with Crippen molar-refractivity contribution in [2.45, 2.75) is 31.6 Å². The number of nitrogens with zero attached hydrogens (tertiary/aromatic N) is 1. The Hall–Kier alpha value is -0.830. The molecule has 0 aliphatic carbocycles. The van der Waals surface area contributed by atoms with Crippen LogP contribution in [0.5, 0.6) is 0 Å². The molecule has 0 N–H and O–H groups in total. The first-order chi connectivity index (χ1) is 7.54. The summed E-state index contributed by atoms with van der Waals surface area (Å²) in [5.41, 5.74) is 2.49. The van der Waals surface area contributed by atoms with Crippen molar-refractivity contribution in [3.05, 3.63) is 35.4 Å². The lowest BCUT2D eigenvalue weighted by molar-refractivity contribution is -0.129. The molecule has 3 heteroatoms. The predicted octanol–water partition coefficient (Wildman–Crippen LogP) is 2.99. The molecular weight excluding hydrogens is 266 g/mol. The first-order valence-electron chi connectivity index (χ1n) is 5.51. The van der Waals surface area contributed by atoms with Crippen LogP contribution in [0.15, 0.2) is 24.3 Å². The van der Waals surface area contributed by atoms with Gasteiger partial charge in [-0.2, -0.15) is 0 Å². The number of hydrogen-bond acceptors (Lipinski definition) is 1. The average Bonchev–Trinajstić information content (AvgIpc) is 2.28. The molecule has 0 spiro atoms. The molecule has 1 atom stereocenters. The van der Waals surface area contributed by atoms with Crippen LogP contribution in [0, 0.1) is 0 Å². The third-order valence-electron chi connectivity index (χ3n) is 2.57. The summed E-state index contributed by atoms with van der Waals surface area (Å²) in [6.07, 6.45) is 1.05. The highest BCUT2D eigenvalue weighted by Gasteiger charge is 2.14. The quantitative estimate of drug-likeness (QED) is 0.778. The zero-order chi connectivity index (χ0) is 12.1. The van der Waals surface area contributed by atoms with Gasteiger partial charge in [-0.05, 0) is 24.5 Å². The van der Waals surface area contributed by atoms with Gasteiger partial charge in [-0.1, -0.05) is 47.1 Å². The number of rotatable bonds is 4. The summed E-state index contributed by atoms with van der Waals surface area (Å²) < 4.78 is 0. The van der Waals surface area contributed by atoms with E-state index in [2.05, 4.69) is 47.1 Å². The standard InChI is InChI=1S/C13H18BrNO/c1-4-11-5-7-12(8-6-11)9-15(3)13(16)10(2)14/h5-8,10H,4,9H2,1-3H3. The molecule has 0 fully saturated rings. The summed E-state index contributed by atoms with van der Waals surface area (Å²) in [5, 5.41) is 0.